The molecule has 0 fully saturated rings. The second kappa shape index (κ2) is 4.97. The topological polar surface area (TPSA) is 77.4 Å². The van der Waals surface area contributed by atoms with Crippen molar-refractivity contribution in [3.63, 3.8) is 0 Å². The Morgan fingerprint density at radius 3 is 2.90 bits per heavy atom. The predicted octanol–water partition coefficient (Wildman–Crippen LogP) is 2.22. The van der Waals surface area contributed by atoms with Crippen LogP contribution >= 0.6 is 0 Å². The lowest BCUT2D eigenvalue weighted by molar-refractivity contribution is -0.135. The maximum atomic E-state index is 11.6. The van der Waals surface area contributed by atoms with Gasteiger partial charge in [0.15, 0.2) is 17.3 Å². The summed E-state index contributed by atoms with van der Waals surface area (Å²) in [5, 5.41) is 10.1. The number of nitrogens with zero attached hydrogens (tertiary/aromatic N) is 1. The normalized spacial score (nSPS) is 18.2. The second-order valence-electron chi connectivity index (χ2n) is 4.55. The van der Waals surface area contributed by atoms with Crippen molar-refractivity contribution in [3.8, 4) is 11.5 Å². The van der Waals surface area contributed by atoms with Gasteiger partial charge in [-0.15, -0.1) is 0 Å². The van der Waals surface area contributed by atoms with Gasteiger partial charge in [0.1, 0.15) is 11.3 Å². The maximum Gasteiger partial charge on any atom is 0.343 e. The van der Waals surface area contributed by atoms with Crippen molar-refractivity contribution in [2.75, 3.05) is 13.9 Å². The zero-order valence-electron chi connectivity index (χ0n) is 11.5. The fourth-order valence-corrected chi connectivity index (χ4v) is 2.20. The third kappa shape index (κ3) is 2.24. The Kier molecular flexibility index (Phi) is 3.13. The fraction of sp³-hybridized carbons (Fsp3) is 0.200. The highest BCUT2D eigenvalue weighted by molar-refractivity contribution is 6.21. The first-order valence-corrected chi connectivity index (χ1v) is 6.29. The quantitative estimate of drug-likeness (QED) is 0.844. The molecule has 0 bridgehead atoms. The first kappa shape index (κ1) is 13.2. The number of hydrogen-bond donors (Lipinski definition) is 1. The molecule has 2 aliphatic heterocycles. The van der Waals surface area contributed by atoms with E-state index in [0.29, 0.717) is 22.9 Å². The molecule has 0 saturated carbocycles. The molecule has 0 aliphatic carbocycles. The molecular formula is C15H13NO5. The van der Waals surface area contributed by atoms with Gasteiger partial charge in [-0.05, 0) is 30.7 Å². The summed E-state index contributed by atoms with van der Waals surface area (Å²) < 4.78 is 15.2. The summed E-state index contributed by atoms with van der Waals surface area (Å²) in [7, 11) is 1.26. The van der Waals surface area contributed by atoms with Crippen molar-refractivity contribution in [2.24, 2.45) is 4.99 Å². The molecule has 1 aromatic carbocycles. The number of esters is 1. The average Bonchev–Trinajstić information content (AvgIpc) is 3.03. The molecule has 6 nitrogen and oxygen atoms in total. The molecule has 21 heavy (non-hydrogen) atoms. The standard InChI is InChI=1S/C15H13NO5/c1-8-13(15(18)19-2)14(17)10(16-8)5-9-3-4-11-12(6-9)21-7-20-11/h3-6,17H,7H2,1-2H3. The van der Waals surface area contributed by atoms with Crippen molar-refractivity contribution in [3.05, 3.63) is 40.8 Å². The smallest absolute Gasteiger partial charge is 0.343 e. The van der Waals surface area contributed by atoms with Crippen LogP contribution in [0.1, 0.15) is 12.5 Å². The largest absolute Gasteiger partial charge is 0.505 e. The first-order chi connectivity index (χ1) is 10.1. The maximum absolute atomic E-state index is 11.6. The van der Waals surface area contributed by atoms with Crippen LogP contribution in [0.3, 0.4) is 0 Å². The van der Waals surface area contributed by atoms with Crippen LogP contribution in [0.25, 0.3) is 6.08 Å². The number of methoxy groups -OCH3 is 1. The number of aliphatic imine (C=N–C) groups is 1. The van der Waals surface area contributed by atoms with E-state index in [-0.39, 0.29) is 18.1 Å². The Labute approximate surface area is 121 Å². The first-order valence-electron chi connectivity index (χ1n) is 6.29. The van der Waals surface area contributed by atoms with Crippen molar-refractivity contribution in [1.82, 2.24) is 0 Å². The molecule has 6 heteroatoms. The molecule has 0 aromatic heterocycles. The third-order valence-electron chi connectivity index (χ3n) is 3.22. The summed E-state index contributed by atoms with van der Waals surface area (Å²) >= 11 is 0. The lowest BCUT2D eigenvalue weighted by Gasteiger charge is -2.01. The summed E-state index contributed by atoms with van der Waals surface area (Å²) in [6.45, 7) is 1.84. The molecule has 108 valence electrons. The van der Waals surface area contributed by atoms with Gasteiger partial charge in [0.2, 0.25) is 6.79 Å². The average molecular weight is 287 g/mol. The summed E-state index contributed by atoms with van der Waals surface area (Å²) in [5.41, 5.74) is 1.60. The zero-order valence-corrected chi connectivity index (χ0v) is 11.5. The molecule has 1 N–H and O–H groups in total. The van der Waals surface area contributed by atoms with Crippen LogP contribution in [-0.4, -0.2) is 30.7 Å². The van der Waals surface area contributed by atoms with Crippen LogP contribution in [-0.2, 0) is 9.53 Å². The molecule has 0 spiro atoms. The lowest BCUT2D eigenvalue weighted by atomic mass is 10.1. The summed E-state index contributed by atoms with van der Waals surface area (Å²) in [4.78, 5) is 15.8. The van der Waals surface area contributed by atoms with E-state index >= 15 is 0 Å². The SMILES string of the molecule is COC(=O)C1=C(O)C(=Cc2ccc3c(c2)OCO3)N=C1C. The van der Waals surface area contributed by atoms with Gasteiger partial charge >= 0.3 is 5.97 Å². The Morgan fingerprint density at radius 1 is 1.38 bits per heavy atom. The highest BCUT2D eigenvalue weighted by Crippen LogP contribution is 2.34. The van der Waals surface area contributed by atoms with Gasteiger partial charge in [-0.25, -0.2) is 9.79 Å². The van der Waals surface area contributed by atoms with Crippen LogP contribution in [0.4, 0.5) is 0 Å². The van der Waals surface area contributed by atoms with Gasteiger partial charge in [0.25, 0.3) is 0 Å². The highest BCUT2D eigenvalue weighted by Gasteiger charge is 2.27. The Hall–Kier alpha value is -2.76. The number of aliphatic hydroxyl groups is 1. The zero-order chi connectivity index (χ0) is 15.0. The molecule has 0 unspecified atom stereocenters. The van der Waals surface area contributed by atoms with E-state index in [1.165, 1.54) is 7.11 Å². The van der Waals surface area contributed by atoms with E-state index in [2.05, 4.69) is 9.73 Å². The van der Waals surface area contributed by atoms with Gasteiger partial charge < -0.3 is 19.3 Å². The number of aliphatic hydroxyl groups excluding tert-OH is 1. The van der Waals surface area contributed by atoms with E-state index in [9.17, 15) is 9.90 Å². The van der Waals surface area contributed by atoms with Crippen LogP contribution in [0.5, 0.6) is 11.5 Å². The minimum Gasteiger partial charge on any atom is -0.505 e. The van der Waals surface area contributed by atoms with E-state index in [4.69, 9.17) is 9.47 Å². The predicted molar refractivity (Wildman–Crippen MR) is 75.3 cm³/mol. The molecule has 0 saturated heterocycles. The van der Waals surface area contributed by atoms with Gasteiger partial charge in [-0.1, -0.05) is 6.07 Å². The molecule has 0 amide bonds. The number of hydrogen-bond acceptors (Lipinski definition) is 6. The highest BCUT2D eigenvalue weighted by atomic mass is 16.7. The molecule has 0 radical (unpaired) electrons. The molecule has 2 heterocycles. The molecule has 2 aliphatic rings. The van der Waals surface area contributed by atoms with Crippen LogP contribution in [0.15, 0.2) is 40.2 Å². The second-order valence-corrected chi connectivity index (χ2v) is 4.55. The monoisotopic (exact) mass is 287 g/mol. The van der Waals surface area contributed by atoms with Gasteiger partial charge in [0, 0.05) is 0 Å². The fourth-order valence-electron chi connectivity index (χ4n) is 2.20. The number of ether oxygens (including phenoxy) is 3. The van der Waals surface area contributed by atoms with Crippen LogP contribution in [0, 0.1) is 0 Å². The van der Waals surface area contributed by atoms with Gasteiger partial charge in [0.05, 0.1) is 12.8 Å². The lowest BCUT2D eigenvalue weighted by Crippen LogP contribution is -2.11. The van der Waals surface area contributed by atoms with Crippen molar-refractivity contribution in [2.45, 2.75) is 6.92 Å². The van der Waals surface area contributed by atoms with E-state index < -0.39 is 5.97 Å². The summed E-state index contributed by atoms with van der Waals surface area (Å²) in [6, 6.07) is 5.38. The summed E-state index contributed by atoms with van der Waals surface area (Å²) in [5.74, 6) is 0.526. The number of carbonyl (C=O) groups is 1. The van der Waals surface area contributed by atoms with E-state index in [0.717, 1.165) is 5.56 Å². The number of rotatable bonds is 2. The minimum absolute atomic E-state index is 0.0875. The number of carbonyl (C=O) groups excluding carboxylic acids is 1. The molecule has 0 atom stereocenters. The number of fused-ring (bicyclic) bond motifs is 1. The third-order valence-corrected chi connectivity index (χ3v) is 3.22. The number of benzene rings is 1. The van der Waals surface area contributed by atoms with Gasteiger partial charge in [-0.2, -0.15) is 0 Å². The van der Waals surface area contributed by atoms with Crippen molar-refractivity contribution in [1.29, 1.82) is 0 Å². The van der Waals surface area contributed by atoms with Crippen LogP contribution < -0.4 is 9.47 Å². The molecule has 3 rings (SSSR count). The van der Waals surface area contributed by atoms with E-state index in [1.54, 1.807) is 25.1 Å². The minimum atomic E-state index is -0.608. The van der Waals surface area contributed by atoms with Crippen molar-refractivity contribution >= 4 is 17.8 Å². The van der Waals surface area contributed by atoms with E-state index in [1.807, 2.05) is 6.07 Å². The Bertz CT molecular complexity index is 715. The van der Waals surface area contributed by atoms with Crippen LogP contribution in [0.2, 0.25) is 0 Å². The Morgan fingerprint density at radius 2 is 2.14 bits per heavy atom. The molecular weight excluding hydrogens is 274 g/mol. The van der Waals surface area contributed by atoms with Crippen molar-refractivity contribution < 1.29 is 24.1 Å². The molecule has 1 aromatic rings. The summed E-state index contributed by atoms with van der Waals surface area (Å²) in [6.07, 6.45) is 1.66. The van der Waals surface area contributed by atoms with Gasteiger partial charge in [-0.3, -0.25) is 0 Å². The Balaban J connectivity index is 1.98.